The van der Waals surface area contributed by atoms with E-state index >= 15 is 0 Å². The van der Waals surface area contributed by atoms with Crippen LogP contribution in [0, 0.1) is 13.8 Å². The zero-order valence-electron chi connectivity index (χ0n) is 11.8. The minimum absolute atomic E-state index is 0.177. The second-order valence-electron chi connectivity index (χ2n) is 4.58. The maximum absolute atomic E-state index is 12.1. The summed E-state index contributed by atoms with van der Waals surface area (Å²) < 4.78 is 10.6. The SMILES string of the molecule is COc1ccc(N)cc1CNC(=O)c1cc(C)oc1C. The van der Waals surface area contributed by atoms with Crippen molar-refractivity contribution < 1.29 is 13.9 Å². The molecule has 3 N–H and O–H groups in total. The highest BCUT2D eigenvalue weighted by molar-refractivity contribution is 5.95. The lowest BCUT2D eigenvalue weighted by atomic mass is 10.1. The second kappa shape index (κ2) is 5.69. The molecule has 0 bridgehead atoms. The molecule has 0 saturated carbocycles. The summed E-state index contributed by atoms with van der Waals surface area (Å²) in [4.78, 5) is 12.1. The first kappa shape index (κ1) is 14.0. The van der Waals surface area contributed by atoms with Gasteiger partial charge in [-0.1, -0.05) is 0 Å². The van der Waals surface area contributed by atoms with Crippen molar-refractivity contribution in [1.82, 2.24) is 5.32 Å². The number of carbonyl (C=O) groups is 1. The number of hydrogen-bond acceptors (Lipinski definition) is 4. The number of rotatable bonds is 4. The van der Waals surface area contributed by atoms with Gasteiger partial charge in [0.15, 0.2) is 0 Å². The first-order chi connectivity index (χ1) is 9.51. The molecule has 0 aliphatic carbocycles. The summed E-state index contributed by atoms with van der Waals surface area (Å²) in [5.41, 5.74) is 7.75. The van der Waals surface area contributed by atoms with Crippen LogP contribution in [0.4, 0.5) is 5.69 Å². The molecule has 1 aromatic heterocycles. The number of amides is 1. The number of nitrogen functional groups attached to an aromatic ring is 1. The molecule has 2 rings (SSSR count). The van der Waals surface area contributed by atoms with Crippen LogP contribution in [0.3, 0.4) is 0 Å². The molecule has 0 aliphatic rings. The third-order valence-electron chi connectivity index (χ3n) is 3.03. The summed E-state index contributed by atoms with van der Waals surface area (Å²) in [5.74, 6) is 1.84. The van der Waals surface area contributed by atoms with Gasteiger partial charge in [-0.05, 0) is 38.1 Å². The summed E-state index contributed by atoms with van der Waals surface area (Å²) in [6.45, 7) is 3.92. The summed E-state index contributed by atoms with van der Waals surface area (Å²) in [5, 5.41) is 2.84. The lowest BCUT2D eigenvalue weighted by Gasteiger charge is -2.10. The van der Waals surface area contributed by atoms with Gasteiger partial charge >= 0.3 is 0 Å². The van der Waals surface area contributed by atoms with Gasteiger partial charge in [-0.2, -0.15) is 0 Å². The lowest BCUT2D eigenvalue weighted by Crippen LogP contribution is -2.23. The van der Waals surface area contributed by atoms with E-state index in [1.807, 2.05) is 6.92 Å². The molecule has 1 aromatic carbocycles. The van der Waals surface area contributed by atoms with E-state index in [2.05, 4.69) is 5.32 Å². The van der Waals surface area contributed by atoms with Crippen molar-refractivity contribution >= 4 is 11.6 Å². The van der Waals surface area contributed by atoms with Gasteiger partial charge in [-0.25, -0.2) is 0 Å². The van der Waals surface area contributed by atoms with Gasteiger partial charge < -0.3 is 20.2 Å². The number of hydrogen-bond donors (Lipinski definition) is 2. The Kier molecular flexibility index (Phi) is 3.98. The van der Waals surface area contributed by atoms with Crippen molar-refractivity contribution in [2.75, 3.05) is 12.8 Å². The van der Waals surface area contributed by atoms with Crippen LogP contribution in [-0.4, -0.2) is 13.0 Å². The second-order valence-corrected chi connectivity index (χ2v) is 4.58. The molecule has 5 heteroatoms. The molecular weight excluding hydrogens is 256 g/mol. The van der Waals surface area contributed by atoms with Crippen LogP contribution in [0.2, 0.25) is 0 Å². The fourth-order valence-electron chi connectivity index (χ4n) is 2.06. The molecule has 0 unspecified atom stereocenters. The highest BCUT2D eigenvalue weighted by Gasteiger charge is 2.14. The van der Waals surface area contributed by atoms with E-state index in [0.29, 0.717) is 35.1 Å². The third kappa shape index (κ3) is 2.93. The molecule has 2 aromatic rings. The number of carbonyl (C=O) groups excluding carboxylic acids is 1. The zero-order valence-corrected chi connectivity index (χ0v) is 11.8. The first-order valence-electron chi connectivity index (χ1n) is 6.29. The van der Waals surface area contributed by atoms with E-state index in [-0.39, 0.29) is 5.91 Å². The van der Waals surface area contributed by atoms with E-state index < -0.39 is 0 Å². The fourth-order valence-corrected chi connectivity index (χ4v) is 2.06. The molecule has 1 heterocycles. The number of nitrogens with one attached hydrogen (secondary N) is 1. The summed E-state index contributed by atoms with van der Waals surface area (Å²) in [6.07, 6.45) is 0. The topological polar surface area (TPSA) is 77.5 Å². The van der Waals surface area contributed by atoms with E-state index in [9.17, 15) is 4.79 Å². The molecule has 0 radical (unpaired) electrons. The standard InChI is InChI=1S/C15H18N2O3/c1-9-6-13(10(2)20-9)15(18)17-8-11-7-12(16)4-5-14(11)19-3/h4-7H,8,16H2,1-3H3,(H,17,18). The van der Waals surface area contributed by atoms with Crippen LogP contribution >= 0.6 is 0 Å². The number of anilines is 1. The predicted molar refractivity (Wildman–Crippen MR) is 76.8 cm³/mol. The Bertz CT molecular complexity index is 632. The van der Waals surface area contributed by atoms with Gasteiger partial charge in [-0.3, -0.25) is 4.79 Å². The zero-order chi connectivity index (χ0) is 14.7. The van der Waals surface area contributed by atoms with E-state index in [1.165, 1.54) is 0 Å². The largest absolute Gasteiger partial charge is 0.496 e. The Balaban J connectivity index is 2.11. The Labute approximate surface area is 117 Å². The Morgan fingerprint density at radius 3 is 2.70 bits per heavy atom. The average molecular weight is 274 g/mol. The van der Waals surface area contributed by atoms with Crippen LogP contribution in [0.5, 0.6) is 5.75 Å². The average Bonchev–Trinajstić information content (AvgIpc) is 2.75. The Hall–Kier alpha value is -2.43. The normalized spacial score (nSPS) is 10.3. The third-order valence-corrected chi connectivity index (χ3v) is 3.03. The maximum Gasteiger partial charge on any atom is 0.255 e. The van der Waals surface area contributed by atoms with Crippen molar-refractivity contribution in [1.29, 1.82) is 0 Å². The van der Waals surface area contributed by atoms with Gasteiger partial charge in [-0.15, -0.1) is 0 Å². The molecule has 0 atom stereocenters. The predicted octanol–water partition coefficient (Wildman–Crippen LogP) is 2.42. The molecule has 5 nitrogen and oxygen atoms in total. The Morgan fingerprint density at radius 2 is 2.10 bits per heavy atom. The summed E-state index contributed by atoms with van der Waals surface area (Å²) >= 11 is 0. The maximum atomic E-state index is 12.1. The molecule has 20 heavy (non-hydrogen) atoms. The number of methoxy groups -OCH3 is 1. The van der Waals surface area contributed by atoms with Crippen molar-refractivity contribution in [2.24, 2.45) is 0 Å². The number of ether oxygens (including phenoxy) is 1. The fraction of sp³-hybridized carbons (Fsp3) is 0.267. The van der Waals surface area contributed by atoms with Crippen LogP contribution in [0.25, 0.3) is 0 Å². The highest BCUT2D eigenvalue weighted by atomic mass is 16.5. The molecule has 0 spiro atoms. The van der Waals surface area contributed by atoms with Crippen LogP contribution < -0.4 is 15.8 Å². The molecular formula is C15H18N2O3. The lowest BCUT2D eigenvalue weighted by molar-refractivity contribution is 0.0949. The smallest absolute Gasteiger partial charge is 0.255 e. The van der Waals surface area contributed by atoms with Gasteiger partial charge in [0.1, 0.15) is 17.3 Å². The minimum atomic E-state index is -0.177. The quantitative estimate of drug-likeness (QED) is 0.839. The van der Waals surface area contributed by atoms with E-state index in [1.54, 1.807) is 38.3 Å². The van der Waals surface area contributed by atoms with Gasteiger partial charge in [0.2, 0.25) is 0 Å². The molecule has 1 amide bonds. The van der Waals surface area contributed by atoms with Crippen molar-refractivity contribution in [3.63, 3.8) is 0 Å². The Morgan fingerprint density at radius 1 is 1.35 bits per heavy atom. The van der Waals surface area contributed by atoms with E-state index in [0.717, 1.165) is 5.56 Å². The minimum Gasteiger partial charge on any atom is -0.496 e. The van der Waals surface area contributed by atoms with Crippen molar-refractivity contribution in [2.45, 2.75) is 20.4 Å². The first-order valence-corrected chi connectivity index (χ1v) is 6.29. The van der Waals surface area contributed by atoms with Crippen LogP contribution in [0.15, 0.2) is 28.7 Å². The van der Waals surface area contributed by atoms with Gasteiger partial charge in [0.05, 0.1) is 12.7 Å². The molecule has 0 aliphatic heterocycles. The van der Waals surface area contributed by atoms with E-state index in [4.69, 9.17) is 14.9 Å². The van der Waals surface area contributed by atoms with Crippen molar-refractivity contribution in [3.05, 3.63) is 46.9 Å². The molecule has 106 valence electrons. The van der Waals surface area contributed by atoms with Crippen LogP contribution in [-0.2, 0) is 6.54 Å². The summed E-state index contributed by atoms with van der Waals surface area (Å²) in [6, 6.07) is 7.05. The monoisotopic (exact) mass is 274 g/mol. The number of benzene rings is 1. The number of furan rings is 1. The number of aryl methyl sites for hydroxylation is 2. The summed E-state index contributed by atoms with van der Waals surface area (Å²) in [7, 11) is 1.58. The van der Waals surface area contributed by atoms with Gasteiger partial charge in [0.25, 0.3) is 5.91 Å². The highest BCUT2D eigenvalue weighted by Crippen LogP contribution is 2.21. The molecule has 0 fully saturated rings. The molecule has 0 saturated heterocycles. The van der Waals surface area contributed by atoms with Gasteiger partial charge in [0, 0.05) is 17.8 Å². The van der Waals surface area contributed by atoms with Crippen molar-refractivity contribution in [3.8, 4) is 5.75 Å². The number of nitrogens with two attached hydrogens (primary N) is 1. The van der Waals surface area contributed by atoms with Crippen LogP contribution in [0.1, 0.15) is 27.4 Å².